The Morgan fingerprint density at radius 2 is 1.80 bits per heavy atom. The molecule has 4 aliphatic carbocycles. The highest BCUT2D eigenvalue weighted by atomic mass is 16.6. The summed E-state index contributed by atoms with van der Waals surface area (Å²) in [5.74, 6) is 3.06. The van der Waals surface area contributed by atoms with E-state index in [2.05, 4.69) is 13.8 Å². The fourth-order valence-electron chi connectivity index (χ4n) is 7.14. The first-order chi connectivity index (χ1) is 11.7. The minimum absolute atomic E-state index is 0.288. The highest BCUT2D eigenvalue weighted by Crippen LogP contribution is 2.71. The molecule has 8 unspecified atom stereocenters. The molecule has 0 aromatic carbocycles. The fraction of sp³-hybridized carbons (Fsp3) is 0.905. The van der Waals surface area contributed by atoms with Crippen LogP contribution in [0.3, 0.4) is 0 Å². The van der Waals surface area contributed by atoms with Gasteiger partial charge in [-0.15, -0.1) is 0 Å². The van der Waals surface area contributed by atoms with Crippen LogP contribution in [0, 0.1) is 46.8 Å². The molecule has 0 spiro atoms. The summed E-state index contributed by atoms with van der Waals surface area (Å²) in [5.41, 5.74) is -1.91. The first kappa shape index (κ1) is 17.4. The summed E-state index contributed by atoms with van der Waals surface area (Å²) >= 11 is 0. The average molecular weight is 348 g/mol. The Morgan fingerprint density at radius 1 is 1.16 bits per heavy atom. The quantitative estimate of drug-likeness (QED) is 0.461. The van der Waals surface area contributed by atoms with Gasteiger partial charge in [-0.25, -0.2) is 0 Å². The van der Waals surface area contributed by atoms with Crippen LogP contribution in [0.2, 0.25) is 0 Å². The lowest BCUT2D eigenvalue weighted by Crippen LogP contribution is -2.53. The summed E-state index contributed by atoms with van der Waals surface area (Å²) in [7, 11) is 0. The molecule has 4 rings (SSSR count). The minimum atomic E-state index is -1.48. The van der Waals surface area contributed by atoms with Crippen LogP contribution in [0.4, 0.5) is 0 Å². The van der Waals surface area contributed by atoms with Crippen molar-refractivity contribution < 1.29 is 19.4 Å². The Morgan fingerprint density at radius 3 is 2.40 bits per heavy atom. The second-order valence-corrected chi connectivity index (χ2v) is 9.88. The second-order valence-electron chi connectivity index (χ2n) is 9.88. The monoisotopic (exact) mass is 348 g/mol. The molecule has 0 radical (unpaired) electrons. The molecule has 0 saturated heterocycles. The molecule has 140 valence electrons. The largest absolute Gasteiger partial charge is 0.480 e. The van der Waals surface area contributed by atoms with Crippen LogP contribution in [0.25, 0.3) is 0 Å². The van der Waals surface area contributed by atoms with Gasteiger partial charge in [0.15, 0.2) is 5.41 Å². The summed E-state index contributed by atoms with van der Waals surface area (Å²) in [6, 6.07) is 0. The molecule has 0 amide bonds. The molecule has 4 nitrogen and oxygen atoms in total. The van der Waals surface area contributed by atoms with Crippen molar-refractivity contribution >= 4 is 11.9 Å². The number of hydrogen-bond donors (Lipinski definition) is 1. The van der Waals surface area contributed by atoms with E-state index in [0.717, 1.165) is 30.6 Å². The van der Waals surface area contributed by atoms with Gasteiger partial charge in [0.05, 0.1) is 0 Å². The van der Waals surface area contributed by atoms with E-state index >= 15 is 0 Å². The number of fused-ring (bicyclic) bond motifs is 9. The van der Waals surface area contributed by atoms with Gasteiger partial charge in [0.2, 0.25) is 0 Å². The van der Waals surface area contributed by atoms with Crippen LogP contribution >= 0.6 is 0 Å². The first-order valence-corrected chi connectivity index (χ1v) is 10.2. The van der Waals surface area contributed by atoms with Crippen LogP contribution in [0.15, 0.2) is 0 Å². The molecule has 8 atom stereocenters. The van der Waals surface area contributed by atoms with Gasteiger partial charge in [-0.3, -0.25) is 9.59 Å². The number of carbonyl (C=O) groups excluding carboxylic acids is 1. The third-order valence-corrected chi connectivity index (χ3v) is 8.60. The number of esters is 1. The molecular formula is C21H32O4. The molecule has 0 heterocycles. The number of ether oxygens (including phenoxy) is 1. The fourth-order valence-corrected chi connectivity index (χ4v) is 7.14. The van der Waals surface area contributed by atoms with E-state index in [4.69, 9.17) is 4.74 Å². The van der Waals surface area contributed by atoms with Gasteiger partial charge in [0.25, 0.3) is 0 Å². The normalized spacial score (nSPS) is 45.4. The van der Waals surface area contributed by atoms with E-state index in [1.165, 1.54) is 39.5 Å². The molecule has 0 aromatic rings. The lowest BCUT2D eigenvalue weighted by molar-refractivity contribution is -0.195. The van der Waals surface area contributed by atoms with E-state index in [-0.39, 0.29) is 5.92 Å². The molecule has 4 aliphatic rings. The van der Waals surface area contributed by atoms with Crippen LogP contribution in [-0.2, 0) is 14.3 Å². The van der Waals surface area contributed by atoms with E-state index in [1.54, 1.807) is 0 Å². The van der Waals surface area contributed by atoms with Gasteiger partial charge in [-0.2, -0.15) is 0 Å². The van der Waals surface area contributed by atoms with E-state index in [9.17, 15) is 14.7 Å². The molecule has 25 heavy (non-hydrogen) atoms. The van der Waals surface area contributed by atoms with Crippen molar-refractivity contribution in [1.29, 1.82) is 0 Å². The maximum absolute atomic E-state index is 12.8. The highest BCUT2D eigenvalue weighted by Gasteiger charge is 2.69. The third kappa shape index (κ3) is 2.18. The van der Waals surface area contributed by atoms with Gasteiger partial charge in [-0.1, -0.05) is 13.8 Å². The standard InChI is InChI=1S/C21H32O4/c1-5-11(2)21(25-19(24)20(3,4)18(22)23)10-14-9-15(21)17-13-7-6-12(8-13)16(14)17/h11-17H,5-10H2,1-4H3,(H,22,23). The Bertz CT molecular complexity index is 597. The number of carboxylic acids is 1. The summed E-state index contributed by atoms with van der Waals surface area (Å²) in [4.78, 5) is 24.3. The van der Waals surface area contributed by atoms with Gasteiger partial charge < -0.3 is 9.84 Å². The number of carboxylic acid groups (broad SMARTS) is 1. The summed E-state index contributed by atoms with van der Waals surface area (Å²) in [5, 5.41) is 9.43. The van der Waals surface area contributed by atoms with Crippen molar-refractivity contribution in [3.8, 4) is 0 Å². The molecule has 4 bridgehead atoms. The molecule has 4 fully saturated rings. The van der Waals surface area contributed by atoms with Crippen LogP contribution < -0.4 is 0 Å². The molecule has 1 N–H and O–H groups in total. The third-order valence-electron chi connectivity index (χ3n) is 8.60. The zero-order chi connectivity index (χ0) is 18.1. The molecule has 0 aromatic heterocycles. The number of rotatable bonds is 5. The van der Waals surface area contributed by atoms with E-state index in [0.29, 0.717) is 17.8 Å². The Kier molecular flexibility index (Phi) is 3.80. The van der Waals surface area contributed by atoms with Crippen molar-refractivity contribution in [2.45, 2.75) is 71.8 Å². The van der Waals surface area contributed by atoms with E-state index < -0.39 is 23.0 Å². The summed E-state index contributed by atoms with van der Waals surface area (Å²) < 4.78 is 6.21. The van der Waals surface area contributed by atoms with Gasteiger partial charge in [-0.05, 0) is 87.9 Å². The van der Waals surface area contributed by atoms with Crippen LogP contribution in [-0.4, -0.2) is 22.6 Å². The molecular weight excluding hydrogens is 316 g/mol. The Labute approximate surface area is 150 Å². The van der Waals surface area contributed by atoms with Crippen molar-refractivity contribution in [2.75, 3.05) is 0 Å². The van der Waals surface area contributed by atoms with Gasteiger partial charge >= 0.3 is 11.9 Å². The lowest BCUT2D eigenvalue weighted by atomic mass is 9.62. The number of aliphatic carboxylic acids is 1. The Balaban J connectivity index is 1.64. The summed E-state index contributed by atoms with van der Waals surface area (Å²) in [6.45, 7) is 7.29. The predicted molar refractivity (Wildman–Crippen MR) is 93.7 cm³/mol. The Hall–Kier alpha value is -1.06. The minimum Gasteiger partial charge on any atom is -0.480 e. The first-order valence-electron chi connectivity index (χ1n) is 10.2. The van der Waals surface area contributed by atoms with Crippen molar-refractivity contribution in [3.05, 3.63) is 0 Å². The molecule has 0 aliphatic heterocycles. The number of hydrogen-bond acceptors (Lipinski definition) is 3. The zero-order valence-electron chi connectivity index (χ0n) is 16.0. The zero-order valence-corrected chi connectivity index (χ0v) is 16.0. The van der Waals surface area contributed by atoms with Crippen LogP contribution in [0.5, 0.6) is 0 Å². The van der Waals surface area contributed by atoms with Crippen molar-refractivity contribution in [2.24, 2.45) is 46.8 Å². The lowest BCUT2D eigenvalue weighted by Gasteiger charge is -2.49. The molecule has 4 heteroatoms. The second kappa shape index (κ2) is 5.47. The van der Waals surface area contributed by atoms with Crippen LogP contribution in [0.1, 0.15) is 66.2 Å². The van der Waals surface area contributed by atoms with Crippen molar-refractivity contribution in [3.63, 3.8) is 0 Å². The van der Waals surface area contributed by atoms with E-state index in [1.807, 2.05) is 0 Å². The smallest absolute Gasteiger partial charge is 0.323 e. The maximum Gasteiger partial charge on any atom is 0.323 e. The highest BCUT2D eigenvalue weighted by molar-refractivity contribution is 5.98. The predicted octanol–water partition coefficient (Wildman–Crippen LogP) is 4.13. The average Bonchev–Trinajstić information content (AvgIpc) is 3.31. The van der Waals surface area contributed by atoms with Gasteiger partial charge in [0.1, 0.15) is 5.60 Å². The van der Waals surface area contributed by atoms with Crippen molar-refractivity contribution in [1.82, 2.24) is 0 Å². The molecule has 4 saturated carbocycles. The summed E-state index contributed by atoms with van der Waals surface area (Å²) in [6.07, 6.45) is 7.24. The maximum atomic E-state index is 12.8. The topological polar surface area (TPSA) is 63.6 Å². The number of carbonyl (C=O) groups is 2. The SMILES string of the molecule is CCC(C)C1(OC(=O)C(C)(C)C(=O)O)CC2CC1C1C3CCC(C3)C21. The van der Waals surface area contributed by atoms with Gasteiger partial charge in [0, 0.05) is 5.92 Å².